The smallest absolute Gasteiger partial charge is 0.440 e. The lowest BCUT2D eigenvalue weighted by atomic mass is 9.93. The zero-order valence-electron chi connectivity index (χ0n) is 17.7. The molecule has 4 aromatic rings. The molecule has 10 heteroatoms. The van der Waals surface area contributed by atoms with E-state index in [1.54, 1.807) is 6.20 Å². The lowest BCUT2D eigenvalue weighted by Gasteiger charge is -2.21. The first-order valence-electron chi connectivity index (χ1n) is 9.95. The second-order valence-corrected chi connectivity index (χ2v) is 7.96. The van der Waals surface area contributed by atoms with E-state index in [0.29, 0.717) is 11.7 Å². The Morgan fingerprint density at radius 1 is 1.00 bits per heavy atom. The van der Waals surface area contributed by atoms with Gasteiger partial charge in [-0.25, -0.2) is 4.98 Å². The van der Waals surface area contributed by atoms with E-state index in [2.05, 4.69) is 25.0 Å². The molecule has 0 spiro atoms. The molecule has 2 aromatic heterocycles. The summed E-state index contributed by atoms with van der Waals surface area (Å²) in [6.45, 7) is 3.97. The van der Waals surface area contributed by atoms with Crippen molar-refractivity contribution < 1.29 is 26.9 Å². The van der Waals surface area contributed by atoms with E-state index in [0.717, 1.165) is 5.56 Å². The molecule has 0 aliphatic rings. The van der Waals surface area contributed by atoms with Crippen molar-refractivity contribution in [3.63, 3.8) is 0 Å². The number of nitrogens with one attached hydrogen (secondary N) is 1. The summed E-state index contributed by atoms with van der Waals surface area (Å²) in [4.78, 5) is 20.4. The number of benzene rings is 2. The highest BCUT2D eigenvalue weighted by atomic mass is 19.4. The normalized spacial score (nSPS) is 12.0. The van der Waals surface area contributed by atoms with Gasteiger partial charge in [-0.05, 0) is 26.0 Å². The Bertz CT molecular complexity index is 1260. The van der Waals surface area contributed by atoms with E-state index in [1.807, 2.05) is 44.2 Å². The van der Waals surface area contributed by atoms with E-state index in [4.69, 9.17) is 4.42 Å². The van der Waals surface area contributed by atoms with E-state index in [9.17, 15) is 18.0 Å². The molecule has 7 nitrogen and oxygen atoms in total. The zero-order chi connectivity index (χ0) is 23.6. The fourth-order valence-electron chi connectivity index (χ4n) is 3.06. The van der Waals surface area contributed by atoms with Crippen LogP contribution in [0.1, 0.15) is 36.0 Å². The van der Waals surface area contributed by atoms with Crippen molar-refractivity contribution in [2.45, 2.75) is 25.4 Å². The molecule has 0 aliphatic heterocycles. The molecular formula is C23H19F3N4O3. The number of hydrogen-bond donors (Lipinski definition) is 1. The van der Waals surface area contributed by atoms with Gasteiger partial charge < -0.3 is 14.3 Å². The second kappa shape index (κ2) is 8.53. The number of nitrogens with zero attached hydrogens (tertiary/aromatic N) is 3. The van der Waals surface area contributed by atoms with Gasteiger partial charge in [0.2, 0.25) is 11.7 Å². The van der Waals surface area contributed by atoms with Crippen LogP contribution in [0.5, 0.6) is 0 Å². The number of alkyl halides is 3. The molecule has 0 fully saturated rings. The van der Waals surface area contributed by atoms with Gasteiger partial charge in [-0.2, -0.15) is 18.2 Å². The van der Waals surface area contributed by atoms with Gasteiger partial charge >= 0.3 is 12.1 Å². The predicted molar refractivity (Wildman–Crippen MR) is 112 cm³/mol. The van der Waals surface area contributed by atoms with E-state index < -0.39 is 23.4 Å². The summed E-state index contributed by atoms with van der Waals surface area (Å²) in [5.41, 5.74) is 0.735. The van der Waals surface area contributed by atoms with Crippen LogP contribution in [-0.2, 0) is 11.6 Å². The summed E-state index contributed by atoms with van der Waals surface area (Å²) in [7, 11) is 0. The third-order valence-electron chi connectivity index (χ3n) is 4.89. The van der Waals surface area contributed by atoms with Crippen LogP contribution in [0, 0.1) is 0 Å². The van der Waals surface area contributed by atoms with Gasteiger partial charge in [0.15, 0.2) is 5.76 Å². The number of oxazole rings is 1. The van der Waals surface area contributed by atoms with E-state index in [-0.39, 0.29) is 23.5 Å². The molecule has 1 N–H and O–H groups in total. The van der Waals surface area contributed by atoms with Crippen LogP contribution in [0.25, 0.3) is 22.7 Å². The van der Waals surface area contributed by atoms with Crippen molar-refractivity contribution in [3.8, 4) is 22.7 Å². The first-order valence-corrected chi connectivity index (χ1v) is 9.95. The fourth-order valence-corrected chi connectivity index (χ4v) is 3.06. The van der Waals surface area contributed by atoms with Crippen LogP contribution >= 0.6 is 0 Å². The van der Waals surface area contributed by atoms with Crippen molar-refractivity contribution in [3.05, 3.63) is 78.1 Å². The molecule has 0 unspecified atom stereocenters. The molecule has 33 heavy (non-hydrogen) atoms. The zero-order valence-corrected chi connectivity index (χ0v) is 17.7. The molecule has 2 aromatic carbocycles. The number of aromatic nitrogens is 3. The molecule has 0 radical (unpaired) electrons. The maximum absolute atomic E-state index is 12.7. The Morgan fingerprint density at radius 2 is 1.73 bits per heavy atom. The highest BCUT2D eigenvalue weighted by molar-refractivity contribution is 5.95. The first kappa shape index (κ1) is 22.3. The summed E-state index contributed by atoms with van der Waals surface area (Å²) in [5, 5.41) is 6.16. The van der Waals surface area contributed by atoms with Crippen molar-refractivity contribution in [2.75, 3.05) is 6.54 Å². The molecule has 0 aliphatic carbocycles. The number of halogens is 3. The first-order chi connectivity index (χ1) is 15.6. The number of rotatable bonds is 6. The molecule has 170 valence electrons. The minimum absolute atomic E-state index is 0.214. The standard InChI is InChI=1S/C23H19F3N4O3/c1-22(2,20-27-12-17(32-20)14-7-4-3-5-8-14)13-28-19(31)16-10-6-9-15(11-16)18-29-21(33-30-18)23(24,25)26/h3-12H,13H2,1-2H3,(H,28,31). The Labute approximate surface area is 186 Å². The predicted octanol–water partition coefficient (Wildman–Crippen LogP) is 5.12. The Balaban J connectivity index is 1.45. The average molecular weight is 456 g/mol. The maximum atomic E-state index is 12.7. The van der Waals surface area contributed by atoms with Crippen LogP contribution in [-0.4, -0.2) is 27.6 Å². The number of hydrogen-bond acceptors (Lipinski definition) is 6. The monoisotopic (exact) mass is 456 g/mol. The molecule has 0 saturated heterocycles. The van der Waals surface area contributed by atoms with Gasteiger partial charge in [0.05, 0.1) is 11.6 Å². The summed E-state index contributed by atoms with van der Waals surface area (Å²) in [6.07, 6.45) is -3.11. The summed E-state index contributed by atoms with van der Waals surface area (Å²) in [6, 6.07) is 15.5. The molecule has 4 rings (SSSR count). The van der Waals surface area contributed by atoms with Gasteiger partial charge in [-0.15, -0.1) is 0 Å². The van der Waals surface area contributed by atoms with Crippen molar-refractivity contribution in [1.82, 2.24) is 20.4 Å². The lowest BCUT2D eigenvalue weighted by molar-refractivity contribution is -0.159. The fraction of sp³-hybridized carbons (Fsp3) is 0.217. The largest absolute Gasteiger partial charge is 0.471 e. The van der Waals surface area contributed by atoms with Gasteiger partial charge in [0.1, 0.15) is 0 Å². The van der Waals surface area contributed by atoms with Gasteiger partial charge in [-0.3, -0.25) is 4.79 Å². The molecule has 0 bridgehead atoms. The quantitative estimate of drug-likeness (QED) is 0.433. The van der Waals surface area contributed by atoms with Crippen molar-refractivity contribution in [1.29, 1.82) is 0 Å². The summed E-state index contributed by atoms with van der Waals surface area (Å²) in [5.74, 6) is -1.04. The molecule has 1 amide bonds. The van der Waals surface area contributed by atoms with Crippen LogP contribution in [0.15, 0.2) is 69.7 Å². The topological polar surface area (TPSA) is 94.1 Å². The lowest BCUT2D eigenvalue weighted by Crippen LogP contribution is -2.36. The Kier molecular flexibility index (Phi) is 5.75. The highest BCUT2D eigenvalue weighted by Gasteiger charge is 2.38. The van der Waals surface area contributed by atoms with Crippen LogP contribution in [0.2, 0.25) is 0 Å². The van der Waals surface area contributed by atoms with Crippen molar-refractivity contribution >= 4 is 5.91 Å². The summed E-state index contributed by atoms with van der Waals surface area (Å²) < 4.78 is 48.3. The maximum Gasteiger partial charge on any atom is 0.471 e. The number of carbonyl (C=O) groups is 1. The number of amides is 1. The molecular weight excluding hydrogens is 437 g/mol. The van der Waals surface area contributed by atoms with Crippen LogP contribution in [0.4, 0.5) is 13.2 Å². The second-order valence-electron chi connectivity index (χ2n) is 7.96. The third-order valence-corrected chi connectivity index (χ3v) is 4.89. The Hall–Kier alpha value is -3.95. The number of carbonyl (C=O) groups excluding carboxylic acids is 1. The van der Waals surface area contributed by atoms with Crippen LogP contribution in [0.3, 0.4) is 0 Å². The highest BCUT2D eigenvalue weighted by Crippen LogP contribution is 2.30. The average Bonchev–Trinajstić information content (AvgIpc) is 3.49. The van der Waals surface area contributed by atoms with Crippen LogP contribution < -0.4 is 5.32 Å². The molecule has 0 saturated carbocycles. The van der Waals surface area contributed by atoms with Gasteiger partial charge in [0.25, 0.3) is 5.91 Å². The third kappa shape index (κ3) is 4.94. The Morgan fingerprint density at radius 3 is 2.42 bits per heavy atom. The van der Waals surface area contributed by atoms with Gasteiger partial charge in [-0.1, -0.05) is 47.6 Å². The van der Waals surface area contributed by atoms with Gasteiger partial charge in [0, 0.05) is 23.2 Å². The van der Waals surface area contributed by atoms with E-state index in [1.165, 1.54) is 24.3 Å². The SMILES string of the molecule is CC(C)(CNC(=O)c1cccc(-c2noc(C(F)(F)F)n2)c1)c1ncc(-c2ccccc2)o1. The minimum Gasteiger partial charge on any atom is -0.440 e. The summed E-state index contributed by atoms with van der Waals surface area (Å²) >= 11 is 0. The molecule has 2 heterocycles. The van der Waals surface area contributed by atoms with Crippen molar-refractivity contribution in [2.24, 2.45) is 0 Å². The minimum atomic E-state index is -4.74. The molecule has 0 atom stereocenters. The van der Waals surface area contributed by atoms with E-state index >= 15 is 0 Å².